The summed E-state index contributed by atoms with van der Waals surface area (Å²) in [6, 6.07) is 7.53. The zero-order chi connectivity index (χ0) is 26.7. The van der Waals surface area contributed by atoms with Gasteiger partial charge in [-0.1, -0.05) is 35.6 Å². The van der Waals surface area contributed by atoms with Gasteiger partial charge in [0.05, 0.1) is 10.4 Å². The molecule has 0 aliphatic heterocycles. The number of fused-ring (bicyclic) bond motifs is 1. The third-order valence-corrected chi connectivity index (χ3v) is 8.39. The summed E-state index contributed by atoms with van der Waals surface area (Å²) in [5.74, 6) is 1.91. The molecule has 0 unspecified atom stereocenters. The van der Waals surface area contributed by atoms with Crippen molar-refractivity contribution in [3.05, 3.63) is 70.1 Å². The molecule has 2 aromatic heterocycles. The lowest BCUT2D eigenvalue weighted by Crippen LogP contribution is -3.00. The Balaban J connectivity index is 0.000000253. The molecule has 37 heavy (non-hydrogen) atoms. The minimum atomic E-state index is -4.47. The molecule has 0 saturated heterocycles. The van der Waals surface area contributed by atoms with Gasteiger partial charge in [-0.2, -0.15) is 21.4 Å². The van der Waals surface area contributed by atoms with E-state index in [2.05, 4.69) is 27.0 Å². The van der Waals surface area contributed by atoms with E-state index < -0.39 is 30.0 Å². The van der Waals surface area contributed by atoms with Gasteiger partial charge in [-0.3, -0.25) is 9.11 Å². The van der Waals surface area contributed by atoms with Gasteiger partial charge in [0.15, 0.2) is 12.2 Å². The minimum Gasteiger partial charge on any atom is -1.00 e. The maximum atomic E-state index is 11.2. The van der Waals surface area contributed by atoms with E-state index in [1.165, 1.54) is 34.8 Å². The van der Waals surface area contributed by atoms with E-state index in [0.717, 1.165) is 24.1 Å². The Labute approximate surface area is 230 Å². The van der Waals surface area contributed by atoms with Gasteiger partial charge < -0.3 is 18.1 Å². The number of anilines is 1. The number of nitrogens with zero attached hydrogens (tertiary/aromatic N) is 3. The maximum Gasteiger partial charge on any atom is 0.295 e. The van der Waals surface area contributed by atoms with Gasteiger partial charge in [0.1, 0.15) is 21.4 Å². The van der Waals surface area contributed by atoms with E-state index in [9.17, 15) is 16.8 Å². The van der Waals surface area contributed by atoms with Crippen molar-refractivity contribution >= 4 is 59.8 Å². The highest BCUT2D eigenvalue weighted by Crippen LogP contribution is 2.28. The van der Waals surface area contributed by atoms with Crippen molar-refractivity contribution in [2.75, 3.05) is 11.6 Å². The van der Waals surface area contributed by atoms with Crippen molar-refractivity contribution in [1.29, 1.82) is 0 Å². The van der Waals surface area contributed by atoms with Crippen LogP contribution in [0.2, 0.25) is 0 Å². The number of aromatic nitrogens is 3. The summed E-state index contributed by atoms with van der Waals surface area (Å²) < 4.78 is 64.9. The van der Waals surface area contributed by atoms with Crippen LogP contribution in [0, 0.1) is 13.8 Å². The molecule has 0 radical (unpaired) electrons. The molecule has 10 nitrogen and oxygen atoms in total. The molecular formula is C22H24Cl2N4O6S3. The molecule has 0 aliphatic rings. The van der Waals surface area contributed by atoms with E-state index >= 15 is 0 Å². The van der Waals surface area contributed by atoms with Crippen molar-refractivity contribution in [1.82, 2.24) is 9.97 Å². The Morgan fingerprint density at radius 2 is 1.54 bits per heavy atom. The molecule has 4 aromatic rings. The first kappa shape index (κ1) is 30.8. The third-order valence-electron chi connectivity index (χ3n) is 5.24. The molecule has 2 heterocycles. The largest absolute Gasteiger partial charge is 1.00 e. The van der Waals surface area contributed by atoms with Crippen LogP contribution in [0.3, 0.4) is 0 Å². The molecule has 200 valence electrons. The van der Waals surface area contributed by atoms with Gasteiger partial charge in [-0.25, -0.2) is 9.97 Å². The third kappa shape index (κ3) is 7.57. The average molecular weight is 608 g/mol. The Bertz CT molecular complexity index is 1560. The number of aryl methyl sites for hydroxylation is 2. The second-order valence-corrected chi connectivity index (χ2v) is 11.8. The quantitative estimate of drug-likeness (QED) is 0.158. The van der Waals surface area contributed by atoms with E-state index in [0.29, 0.717) is 24.1 Å². The van der Waals surface area contributed by atoms with Gasteiger partial charge in [-0.15, -0.1) is 11.6 Å². The average Bonchev–Trinajstić information content (AvgIpc) is 3.13. The standard InChI is InChI=1S/C12H16ClN4S.C10H8O6S2.ClH/c1-8-11(3-4-13)18-7-17(8)6-10-5-15-9(2)16-12(10)14;11-17(12,13)9-5-1-3-7-8(9)4-2-6-10(7)18(14,15)16;/h5,7H,3-4,6H2,1-2H3,(H2,14,15,16);1-6H,(H,11,12,13)(H,14,15,16);1H/q+1;;/p-1. The Morgan fingerprint density at radius 1 is 1.00 bits per heavy atom. The van der Waals surface area contributed by atoms with Crippen molar-refractivity contribution in [2.45, 2.75) is 36.6 Å². The molecular weight excluding hydrogens is 583 g/mol. The fraction of sp³-hybridized carbons (Fsp3) is 0.227. The molecule has 0 amide bonds. The fourth-order valence-electron chi connectivity index (χ4n) is 3.45. The van der Waals surface area contributed by atoms with Crippen LogP contribution in [-0.4, -0.2) is 41.8 Å². The smallest absolute Gasteiger partial charge is 0.295 e. The highest BCUT2D eigenvalue weighted by molar-refractivity contribution is 7.86. The van der Waals surface area contributed by atoms with Crippen LogP contribution in [0.4, 0.5) is 5.82 Å². The zero-order valence-corrected chi connectivity index (χ0v) is 23.6. The predicted molar refractivity (Wildman–Crippen MR) is 138 cm³/mol. The summed E-state index contributed by atoms with van der Waals surface area (Å²) in [6.45, 7) is 4.64. The normalized spacial score (nSPS) is 11.5. The first-order valence-electron chi connectivity index (χ1n) is 10.4. The number of nitrogen functional groups attached to an aromatic ring is 1. The van der Waals surface area contributed by atoms with Gasteiger partial charge in [-0.05, 0) is 19.1 Å². The summed E-state index contributed by atoms with van der Waals surface area (Å²) in [6.07, 6.45) is 2.70. The number of alkyl halides is 1. The Hall–Kier alpha value is -2.39. The van der Waals surface area contributed by atoms with Crippen molar-refractivity contribution < 1.29 is 42.9 Å². The summed E-state index contributed by atoms with van der Waals surface area (Å²) in [7, 11) is -8.94. The predicted octanol–water partition coefficient (Wildman–Crippen LogP) is 0.191. The zero-order valence-electron chi connectivity index (χ0n) is 19.7. The van der Waals surface area contributed by atoms with E-state index in [4.69, 9.17) is 26.4 Å². The van der Waals surface area contributed by atoms with Crippen molar-refractivity contribution in [3.63, 3.8) is 0 Å². The highest BCUT2D eigenvalue weighted by Gasteiger charge is 2.19. The number of hydrogen-bond acceptors (Lipinski definition) is 8. The topological polar surface area (TPSA) is 164 Å². The summed E-state index contributed by atoms with van der Waals surface area (Å²) in [5, 5.41) is 0.0465. The number of thiazole rings is 1. The lowest BCUT2D eigenvalue weighted by molar-refractivity contribution is -0.689. The van der Waals surface area contributed by atoms with Gasteiger partial charge in [0.2, 0.25) is 5.51 Å². The van der Waals surface area contributed by atoms with Crippen LogP contribution in [0.1, 0.15) is 22.0 Å². The molecule has 0 saturated carbocycles. The van der Waals surface area contributed by atoms with E-state index in [-0.39, 0.29) is 23.2 Å². The van der Waals surface area contributed by atoms with Crippen LogP contribution in [-0.2, 0) is 33.2 Å². The van der Waals surface area contributed by atoms with Gasteiger partial charge in [0.25, 0.3) is 20.2 Å². The molecule has 4 N–H and O–H groups in total. The summed E-state index contributed by atoms with van der Waals surface area (Å²) in [4.78, 5) is 8.86. The minimum absolute atomic E-state index is 0. The first-order valence-corrected chi connectivity index (χ1v) is 14.7. The number of nitrogens with two attached hydrogens (primary N) is 1. The number of rotatable bonds is 6. The van der Waals surface area contributed by atoms with E-state index in [1.54, 1.807) is 17.5 Å². The molecule has 0 atom stereocenters. The highest BCUT2D eigenvalue weighted by atomic mass is 35.5. The number of benzene rings is 2. The molecule has 0 fully saturated rings. The van der Waals surface area contributed by atoms with Crippen LogP contribution in [0.15, 0.2) is 57.9 Å². The van der Waals surface area contributed by atoms with E-state index in [1.807, 2.05) is 6.92 Å². The van der Waals surface area contributed by atoms with Crippen LogP contribution >= 0.6 is 22.9 Å². The molecule has 0 bridgehead atoms. The fourth-order valence-corrected chi connectivity index (χ4v) is 6.16. The molecule has 15 heteroatoms. The van der Waals surface area contributed by atoms with Crippen molar-refractivity contribution in [3.8, 4) is 0 Å². The second-order valence-electron chi connectivity index (χ2n) is 7.68. The van der Waals surface area contributed by atoms with Crippen LogP contribution in [0.25, 0.3) is 10.8 Å². The molecule has 0 aliphatic carbocycles. The molecule has 2 aromatic carbocycles. The SMILES string of the molecule is Cc1ncc(C[n+]2csc(CCCl)c2C)c(N)n1.O=S(=O)(O)c1cccc2c(S(=O)(=O)O)cccc12.[Cl-]. The Kier molecular flexibility index (Phi) is 10.4. The molecule has 4 rings (SSSR count). The lowest BCUT2D eigenvalue weighted by Gasteiger charge is -2.06. The first-order chi connectivity index (χ1) is 16.8. The molecule has 0 spiro atoms. The van der Waals surface area contributed by atoms with Crippen LogP contribution < -0.4 is 22.7 Å². The summed E-state index contributed by atoms with van der Waals surface area (Å²) >= 11 is 7.50. The monoisotopic (exact) mass is 606 g/mol. The Morgan fingerprint density at radius 3 is 2.00 bits per heavy atom. The summed E-state index contributed by atoms with van der Waals surface area (Å²) in [5.41, 5.74) is 10.2. The number of halogens is 2. The maximum absolute atomic E-state index is 11.2. The van der Waals surface area contributed by atoms with Crippen molar-refractivity contribution in [2.24, 2.45) is 0 Å². The lowest BCUT2D eigenvalue weighted by atomic mass is 10.1. The van der Waals surface area contributed by atoms with Gasteiger partial charge in [0, 0.05) is 36.2 Å². The van der Waals surface area contributed by atoms with Gasteiger partial charge >= 0.3 is 0 Å². The number of hydrogen-bond donors (Lipinski definition) is 3. The second kappa shape index (κ2) is 12.4. The van der Waals surface area contributed by atoms with Crippen LogP contribution in [0.5, 0.6) is 0 Å².